The second-order valence-corrected chi connectivity index (χ2v) is 66.1. The van der Waals surface area contributed by atoms with Crippen LogP contribution in [0.3, 0.4) is 0 Å². The molecular weight excluding hydrogens is 911 g/mol. The van der Waals surface area contributed by atoms with E-state index >= 15 is 0 Å². The number of hydrogen-bond acceptors (Lipinski definition) is 0. The van der Waals surface area contributed by atoms with Gasteiger partial charge < -0.3 is 0 Å². The predicted octanol–water partition coefficient (Wildman–Crippen LogP) is 17.8. The Morgan fingerprint density at radius 2 is 0.875 bits per heavy atom. The third kappa shape index (κ3) is 6.99. The Balaban J connectivity index is 1.08. The van der Waals surface area contributed by atoms with Gasteiger partial charge in [-0.3, -0.25) is 0 Å². The van der Waals surface area contributed by atoms with E-state index in [9.17, 15) is 17.0 Å². The molecule has 0 amide bonds. The molecule has 0 spiro atoms. The average Bonchev–Trinajstić information content (AvgIpc) is 3.77. The van der Waals surface area contributed by atoms with Crippen LogP contribution in [0.1, 0.15) is 155 Å². The molecule has 10 aliphatic carbocycles. The summed E-state index contributed by atoms with van der Waals surface area (Å²) in [5.74, 6) is 3.73. The van der Waals surface area contributed by atoms with Crippen molar-refractivity contribution in [1.82, 2.24) is 0 Å². The first-order valence-electron chi connectivity index (χ1n) is 26.1. The zero-order valence-corrected chi connectivity index (χ0v) is 45.0. The van der Waals surface area contributed by atoms with Crippen molar-refractivity contribution in [2.75, 3.05) is 0 Å². The van der Waals surface area contributed by atoms with E-state index in [4.69, 9.17) is 0 Å². The standard InChI is InChI=1S/2C28H31.C4H11Si.2ClH.Zr/c2*1-18-6-19(2)8-25(7-18)26-5-3-4-24-12-23(13-27(24)26)17-28-14-20-9-21(15-28)11-22(10-20)16-28;1-3-4-5-2;;;/h2*3-8,12-13,20-22H,9-11,14-17H2,1-2H3;5H,3-4H2,1-2H3;2*1H;/q;;;;;+2/p-2. The van der Waals surface area contributed by atoms with E-state index in [0.717, 1.165) is 35.5 Å². The van der Waals surface area contributed by atoms with Crippen molar-refractivity contribution in [1.29, 1.82) is 0 Å². The zero-order valence-electron chi connectivity index (χ0n) is 39.8. The van der Waals surface area contributed by atoms with Crippen LogP contribution in [0.4, 0.5) is 0 Å². The molecule has 0 nitrogen and oxygen atoms in total. The summed E-state index contributed by atoms with van der Waals surface area (Å²) in [6.45, 7) is 14.2. The Hall–Kier alpha value is -1.96. The van der Waals surface area contributed by atoms with E-state index in [0.29, 0.717) is 10.8 Å². The normalized spacial score (nSPS) is 34.0. The van der Waals surface area contributed by atoms with Crippen molar-refractivity contribution in [2.24, 2.45) is 46.3 Å². The summed E-state index contributed by atoms with van der Waals surface area (Å²) in [6.07, 6.45) is 26.5. The number of allylic oxidation sites excluding steroid dienone is 2. The van der Waals surface area contributed by atoms with E-state index in [1.807, 2.05) is 0 Å². The van der Waals surface area contributed by atoms with E-state index in [-0.39, 0.29) is 7.25 Å². The quantitative estimate of drug-likeness (QED) is 0.131. The molecule has 8 saturated carbocycles. The molecule has 14 rings (SSSR count). The van der Waals surface area contributed by atoms with Gasteiger partial charge in [0, 0.05) is 0 Å². The minimum atomic E-state index is -5.22. The van der Waals surface area contributed by atoms with Crippen LogP contribution in [-0.2, 0) is 15.6 Å². The van der Waals surface area contributed by atoms with E-state index in [1.54, 1.807) is 11.1 Å². The summed E-state index contributed by atoms with van der Waals surface area (Å²) in [6, 6.07) is 30.3. The molecule has 3 unspecified atom stereocenters. The van der Waals surface area contributed by atoms with Gasteiger partial charge >= 0.3 is 398 Å². The van der Waals surface area contributed by atoms with Crippen LogP contribution in [0.5, 0.6) is 0 Å². The van der Waals surface area contributed by atoms with Crippen molar-refractivity contribution in [2.45, 2.75) is 151 Å². The fourth-order valence-electron chi connectivity index (χ4n) is 18.6. The van der Waals surface area contributed by atoms with Gasteiger partial charge in [0.05, 0.1) is 0 Å². The Morgan fingerprint density at radius 3 is 1.20 bits per heavy atom. The van der Waals surface area contributed by atoms with Crippen LogP contribution in [-0.4, -0.2) is 5.92 Å². The maximum atomic E-state index is 9.61. The molecule has 0 heterocycles. The molecule has 8 bridgehead atoms. The van der Waals surface area contributed by atoms with Gasteiger partial charge in [0.1, 0.15) is 0 Å². The molecule has 4 heteroatoms. The maximum absolute atomic E-state index is 9.61. The van der Waals surface area contributed by atoms with Gasteiger partial charge in [0.15, 0.2) is 0 Å². The van der Waals surface area contributed by atoms with Gasteiger partial charge in [-0.25, -0.2) is 0 Å². The first-order valence-corrected chi connectivity index (χ1v) is 42.1. The van der Waals surface area contributed by atoms with Crippen molar-refractivity contribution >= 4 is 35.1 Å². The average molecular weight is 984 g/mol. The monoisotopic (exact) mass is 981 g/mol. The molecule has 8 fully saturated rings. The van der Waals surface area contributed by atoms with Crippen molar-refractivity contribution in [3.8, 4) is 22.3 Å². The minimum absolute atomic E-state index is 0.146. The topological polar surface area (TPSA) is 0 Å². The van der Waals surface area contributed by atoms with Crippen LogP contribution in [0.25, 0.3) is 34.4 Å². The number of halogens is 2. The van der Waals surface area contributed by atoms with Crippen LogP contribution >= 0.6 is 17.0 Å². The third-order valence-corrected chi connectivity index (χ3v) is 70.1. The Labute approximate surface area is 395 Å². The summed E-state index contributed by atoms with van der Waals surface area (Å²) in [5, 5.41) is 0. The summed E-state index contributed by atoms with van der Waals surface area (Å²) in [5.41, 5.74) is 20.8. The van der Waals surface area contributed by atoms with Crippen LogP contribution in [0.2, 0.25) is 12.6 Å². The van der Waals surface area contributed by atoms with Crippen LogP contribution in [0.15, 0.2) is 83.9 Å². The molecule has 4 aromatic carbocycles. The second-order valence-electron chi connectivity index (χ2n) is 24.8. The number of benzene rings is 4. The van der Waals surface area contributed by atoms with Crippen LogP contribution in [0, 0.1) is 74.0 Å². The Morgan fingerprint density at radius 1 is 0.531 bits per heavy atom. The van der Waals surface area contributed by atoms with Crippen molar-refractivity contribution in [3.05, 3.63) is 128 Å². The number of hydrogen-bond donors (Lipinski definition) is 0. The fraction of sp³-hybridized carbons (Fsp3) is 0.533. The van der Waals surface area contributed by atoms with Gasteiger partial charge in [-0.1, -0.05) is 0 Å². The zero-order chi connectivity index (χ0) is 43.9. The van der Waals surface area contributed by atoms with E-state index in [1.165, 1.54) is 169 Å². The first-order chi connectivity index (χ1) is 30.7. The SMILES string of the molecule is CCC[SiH](C)[Zr]([Cl])([Cl])([CH]1C(CC23CC4CC(CC(C4)C2)C3)=Cc2c(-c3cc(C)cc(C)c3)cccc21)[CH]1C(CC23CC4CC(CC(C4)C2)C3)=Cc2c(-c3cc(C)cc(C)c3)cccc21. The molecule has 4 aromatic rings. The predicted molar refractivity (Wildman–Crippen MR) is 274 cm³/mol. The molecule has 0 aliphatic heterocycles. The van der Waals surface area contributed by atoms with Crippen molar-refractivity contribution < 1.29 is 15.6 Å². The van der Waals surface area contributed by atoms with Gasteiger partial charge in [-0.2, -0.15) is 0 Å². The van der Waals surface area contributed by atoms with E-state index in [2.05, 4.69) is 126 Å². The van der Waals surface area contributed by atoms with Gasteiger partial charge in [-0.05, 0) is 0 Å². The van der Waals surface area contributed by atoms with Crippen molar-refractivity contribution in [3.63, 3.8) is 0 Å². The molecule has 64 heavy (non-hydrogen) atoms. The molecular formula is C60H73Cl2SiZr. The van der Waals surface area contributed by atoms with Gasteiger partial charge in [0.25, 0.3) is 0 Å². The molecule has 0 aromatic heterocycles. The van der Waals surface area contributed by atoms with Crippen LogP contribution < -0.4 is 0 Å². The molecule has 0 radical (unpaired) electrons. The Bertz CT molecular complexity index is 2350. The second kappa shape index (κ2) is 15.5. The molecule has 3 atom stereocenters. The first kappa shape index (κ1) is 43.3. The summed E-state index contributed by atoms with van der Waals surface area (Å²) >= 11 is -5.22. The number of fused-ring (bicyclic) bond motifs is 2. The number of rotatable bonds is 11. The third-order valence-electron chi connectivity index (χ3n) is 19.6. The fourth-order valence-corrected chi connectivity index (χ4v) is 59.8. The van der Waals surface area contributed by atoms with Gasteiger partial charge in [0.2, 0.25) is 0 Å². The Kier molecular flexibility index (Phi) is 10.5. The molecule has 0 saturated heterocycles. The van der Waals surface area contributed by atoms with E-state index < -0.39 is 21.5 Å². The number of aryl methyl sites for hydroxylation is 4. The summed E-state index contributed by atoms with van der Waals surface area (Å²) in [4.78, 5) is 0. The summed E-state index contributed by atoms with van der Waals surface area (Å²) in [7, 11) is 19.2. The molecule has 0 N–H and O–H groups in total. The molecule has 335 valence electrons. The molecule has 10 aliphatic rings. The van der Waals surface area contributed by atoms with Gasteiger partial charge in [-0.15, -0.1) is 0 Å². The summed E-state index contributed by atoms with van der Waals surface area (Å²) < 4.78 is 0.292.